The Kier molecular flexibility index (Phi) is 5.23. The highest BCUT2D eigenvalue weighted by molar-refractivity contribution is 7.07. The normalized spacial score (nSPS) is 10.6. The maximum Gasteiger partial charge on any atom is 0.0214 e. The molecule has 0 amide bonds. The zero-order valence-electron chi connectivity index (χ0n) is 9.86. The van der Waals surface area contributed by atoms with Gasteiger partial charge in [0.1, 0.15) is 0 Å². The molecule has 3 heteroatoms. The summed E-state index contributed by atoms with van der Waals surface area (Å²) in [6.07, 6.45) is 0. The number of hydrogen-bond acceptors (Lipinski definition) is 3. The van der Waals surface area contributed by atoms with Crippen LogP contribution in [0.2, 0.25) is 0 Å². The zero-order valence-corrected chi connectivity index (χ0v) is 10.7. The number of nitrogens with one attached hydrogen (secondary N) is 2. The molecule has 1 aromatic carbocycles. The SMILES string of the molecule is c1ccc(CNCCNCc2ccsc2)cc1. The maximum absolute atomic E-state index is 3.42. The Hall–Kier alpha value is -1.16. The van der Waals surface area contributed by atoms with Crippen LogP contribution in [0.4, 0.5) is 0 Å². The van der Waals surface area contributed by atoms with Gasteiger partial charge in [0.25, 0.3) is 0 Å². The van der Waals surface area contributed by atoms with Crippen molar-refractivity contribution in [2.75, 3.05) is 13.1 Å². The molecule has 0 saturated heterocycles. The van der Waals surface area contributed by atoms with Crippen LogP contribution in [0, 0.1) is 0 Å². The second-order valence-corrected chi connectivity index (χ2v) is 4.75. The van der Waals surface area contributed by atoms with Crippen LogP contribution in [0.15, 0.2) is 47.2 Å². The molecule has 0 spiro atoms. The van der Waals surface area contributed by atoms with Gasteiger partial charge >= 0.3 is 0 Å². The highest BCUT2D eigenvalue weighted by Gasteiger charge is 1.93. The van der Waals surface area contributed by atoms with E-state index in [1.54, 1.807) is 11.3 Å². The minimum absolute atomic E-state index is 0.945. The summed E-state index contributed by atoms with van der Waals surface area (Å²) in [5.41, 5.74) is 2.71. The van der Waals surface area contributed by atoms with E-state index in [1.807, 2.05) is 6.07 Å². The van der Waals surface area contributed by atoms with Crippen LogP contribution >= 0.6 is 11.3 Å². The molecule has 0 aliphatic rings. The van der Waals surface area contributed by atoms with Crippen molar-refractivity contribution in [1.29, 1.82) is 0 Å². The molecule has 0 saturated carbocycles. The molecule has 2 N–H and O–H groups in total. The van der Waals surface area contributed by atoms with Crippen LogP contribution in [-0.2, 0) is 13.1 Å². The van der Waals surface area contributed by atoms with Crippen LogP contribution in [0.5, 0.6) is 0 Å². The van der Waals surface area contributed by atoms with Gasteiger partial charge in [-0.2, -0.15) is 11.3 Å². The molecule has 0 radical (unpaired) electrons. The molecule has 2 rings (SSSR count). The van der Waals surface area contributed by atoms with Gasteiger partial charge in [0.2, 0.25) is 0 Å². The topological polar surface area (TPSA) is 24.1 Å². The van der Waals surface area contributed by atoms with Gasteiger partial charge in [-0.15, -0.1) is 0 Å². The summed E-state index contributed by atoms with van der Waals surface area (Å²) in [4.78, 5) is 0. The lowest BCUT2D eigenvalue weighted by molar-refractivity contribution is 0.611. The van der Waals surface area contributed by atoms with Crippen LogP contribution in [0.1, 0.15) is 11.1 Å². The summed E-state index contributed by atoms with van der Waals surface area (Å²) < 4.78 is 0. The van der Waals surface area contributed by atoms with Gasteiger partial charge in [0, 0.05) is 26.2 Å². The van der Waals surface area contributed by atoms with Crippen molar-refractivity contribution in [3.8, 4) is 0 Å². The lowest BCUT2D eigenvalue weighted by atomic mass is 10.2. The van der Waals surface area contributed by atoms with Gasteiger partial charge in [0.15, 0.2) is 0 Å². The van der Waals surface area contributed by atoms with E-state index < -0.39 is 0 Å². The van der Waals surface area contributed by atoms with E-state index in [2.05, 4.69) is 51.7 Å². The fourth-order valence-corrected chi connectivity index (χ4v) is 2.30. The molecular formula is C14H18N2S. The third kappa shape index (κ3) is 4.69. The Morgan fingerprint density at radius 1 is 0.824 bits per heavy atom. The highest BCUT2D eigenvalue weighted by Crippen LogP contribution is 2.04. The first kappa shape index (κ1) is 12.3. The molecule has 90 valence electrons. The van der Waals surface area contributed by atoms with Crippen molar-refractivity contribution in [3.05, 3.63) is 58.3 Å². The second kappa shape index (κ2) is 7.22. The fourth-order valence-electron chi connectivity index (χ4n) is 1.63. The Labute approximate surface area is 107 Å². The summed E-state index contributed by atoms with van der Waals surface area (Å²) in [6, 6.07) is 12.6. The predicted octanol–water partition coefficient (Wildman–Crippen LogP) is 2.63. The molecular weight excluding hydrogens is 228 g/mol. The highest BCUT2D eigenvalue weighted by atomic mass is 32.1. The number of rotatable bonds is 7. The van der Waals surface area contributed by atoms with E-state index in [0.717, 1.165) is 26.2 Å². The van der Waals surface area contributed by atoms with Crippen molar-refractivity contribution in [3.63, 3.8) is 0 Å². The first-order chi connectivity index (χ1) is 8.45. The summed E-state index contributed by atoms with van der Waals surface area (Å²) in [5, 5.41) is 11.1. The third-order valence-corrected chi connectivity index (χ3v) is 3.29. The average molecular weight is 246 g/mol. The second-order valence-electron chi connectivity index (χ2n) is 3.97. The molecule has 0 atom stereocenters. The first-order valence-electron chi connectivity index (χ1n) is 5.91. The van der Waals surface area contributed by atoms with E-state index in [9.17, 15) is 0 Å². The Morgan fingerprint density at radius 3 is 2.18 bits per heavy atom. The van der Waals surface area contributed by atoms with Gasteiger partial charge in [-0.05, 0) is 28.0 Å². The van der Waals surface area contributed by atoms with Crippen molar-refractivity contribution in [1.82, 2.24) is 10.6 Å². The summed E-state index contributed by atoms with van der Waals surface area (Å²) in [7, 11) is 0. The first-order valence-corrected chi connectivity index (χ1v) is 6.86. The molecule has 2 aromatic rings. The van der Waals surface area contributed by atoms with Crippen LogP contribution in [0.3, 0.4) is 0 Å². The van der Waals surface area contributed by atoms with Crippen molar-refractivity contribution in [2.24, 2.45) is 0 Å². The number of hydrogen-bond donors (Lipinski definition) is 2. The van der Waals surface area contributed by atoms with E-state index in [-0.39, 0.29) is 0 Å². The molecule has 0 unspecified atom stereocenters. The molecule has 2 nitrogen and oxygen atoms in total. The standard InChI is InChI=1S/C14H18N2S/c1-2-4-13(5-3-1)10-15-7-8-16-11-14-6-9-17-12-14/h1-6,9,12,15-16H,7-8,10-11H2. The quantitative estimate of drug-likeness (QED) is 0.734. The maximum atomic E-state index is 3.42. The van der Waals surface area contributed by atoms with Crippen LogP contribution in [0.25, 0.3) is 0 Å². The zero-order chi connectivity index (χ0) is 11.8. The molecule has 0 aliphatic heterocycles. The lowest BCUT2D eigenvalue weighted by Crippen LogP contribution is -2.26. The molecule has 1 aromatic heterocycles. The number of benzene rings is 1. The molecule has 0 bridgehead atoms. The molecule has 0 aliphatic carbocycles. The van der Waals surface area contributed by atoms with Crippen LogP contribution in [-0.4, -0.2) is 13.1 Å². The smallest absolute Gasteiger partial charge is 0.0214 e. The van der Waals surface area contributed by atoms with E-state index >= 15 is 0 Å². The Bertz CT molecular complexity index is 397. The van der Waals surface area contributed by atoms with Crippen LogP contribution < -0.4 is 10.6 Å². The van der Waals surface area contributed by atoms with Gasteiger partial charge in [0.05, 0.1) is 0 Å². The van der Waals surface area contributed by atoms with Gasteiger partial charge < -0.3 is 10.6 Å². The third-order valence-electron chi connectivity index (χ3n) is 2.56. The molecule has 17 heavy (non-hydrogen) atoms. The Morgan fingerprint density at radius 2 is 1.53 bits per heavy atom. The minimum Gasteiger partial charge on any atom is -0.311 e. The molecule has 1 heterocycles. The van der Waals surface area contributed by atoms with E-state index in [0.29, 0.717) is 0 Å². The van der Waals surface area contributed by atoms with E-state index in [1.165, 1.54) is 11.1 Å². The molecule has 0 fully saturated rings. The summed E-state index contributed by atoms with van der Waals surface area (Å²) in [6.45, 7) is 3.92. The summed E-state index contributed by atoms with van der Waals surface area (Å²) >= 11 is 1.75. The monoisotopic (exact) mass is 246 g/mol. The van der Waals surface area contributed by atoms with Crippen molar-refractivity contribution >= 4 is 11.3 Å². The van der Waals surface area contributed by atoms with Crippen molar-refractivity contribution < 1.29 is 0 Å². The largest absolute Gasteiger partial charge is 0.311 e. The van der Waals surface area contributed by atoms with Gasteiger partial charge in [-0.25, -0.2) is 0 Å². The minimum atomic E-state index is 0.945. The van der Waals surface area contributed by atoms with E-state index in [4.69, 9.17) is 0 Å². The Balaban J connectivity index is 1.52. The fraction of sp³-hybridized carbons (Fsp3) is 0.286. The summed E-state index contributed by atoms with van der Waals surface area (Å²) in [5.74, 6) is 0. The predicted molar refractivity (Wildman–Crippen MR) is 74.2 cm³/mol. The average Bonchev–Trinajstić information content (AvgIpc) is 2.88. The van der Waals surface area contributed by atoms with Gasteiger partial charge in [-0.1, -0.05) is 30.3 Å². The number of thiophene rings is 1. The lowest BCUT2D eigenvalue weighted by Gasteiger charge is -2.06. The van der Waals surface area contributed by atoms with Crippen molar-refractivity contribution in [2.45, 2.75) is 13.1 Å². The van der Waals surface area contributed by atoms with Gasteiger partial charge in [-0.3, -0.25) is 0 Å².